The molecule has 0 spiro atoms. The summed E-state index contributed by atoms with van der Waals surface area (Å²) in [6, 6.07) is 18.6. The van der Waals surface area contributed by atoms with Gasteiger partial charge in [-0.3, -0.25) is 24.3 Å². The van der Waals surface area contributed by atoms with Gasteiger partial charge < -0.3 is 4.90 Å². The Balaban J connectivity index is 1.80. The van der Waals surface area contributed by atoms with Crippen LogP contribution in [-0.4, -0.2) is 26.9 Å². The highest BCUT2D eigenvalue weighted by molar-refractivity contribution is 14.1. The molecular weight excluding hydrogens is 547 g/mol. The minimum Gasteiger partial charge on any atom is -0.308 e. The molecule has 168 valence electrons. The number of fused-ring (bicyclic) bond motifs is 2. The standard InChI is InChI=1S/C25H17IN4O4/c1-2-28-22-6-4-3-5-18(22)19(24(28)31)14-23-27-21-12-7-15(26)13-20(21)25(32)29(23)16-8-10-17(11-9-16)30(33)34/h3-14H,2H2,1H3/b19-14+. The average molecular weight is 564 g/mol. The maximum absolute atomic E-state index is 13.6. The zero-order valence-corrected chi connectivity index (χ0v) is 20.1. The number of hydrogen-bond donors (Lipinski definition) is 0. The lowest BCUT2D eigenvalue weighted by Gasteiger charge is -2.14. The molecular formula is C25H17IN4O4. The van der Waals surface area contributed by atoms with E-state index in [9.17, 15) is 19.7 Å². The van der Waals surface area contributed by atoms with Crippen LogP contribution >= 0.6 is 22.6 Å². The number of nitro benzene ring substituents is 1. The van der Waals surface area contributed by atoms with Crippen molar-refractivity contribution in [2.45, 2.75) is 6.92 Å². The first-order chi connectivity index (χ1) is 16.4. The summed E-state index contributed by atoms with van der Waals surface area (Å²) in [6.07, 6.45) is 1.62. The van der Waals surface area contributed by atoms with Gasteiger partial charge in [0.25, 0.3) is 17.2 Å². The lowest BCUT2D eigenvalue weighted by Crippen LogP contribution is -2.26. The molecule has 0 bridgehead atoms. The molecule has 8 nitrogen and oxygen atoms in total. The van der Waals surface area contributed by atoms with E-state index in [-0.39, 0.29) is 23.0 Å². The number of nitro groups is 1. The van der Waals surface area contributed by atoms with E-state index < -0.39 is 4.92 Å². The number of halogens is 1. The molecule has 34 heavy (non-hydrogen) atoms. The Kier molecular flexibility index (Phi) is 5.48. The summed E-state index contributed by atoms with van der Waals surface area (Å²) in [4.78, 5) is 43.8. The van der Waals surface area contributed by atoms with Gasteiger partial charge >= 0.3 is 0 Å². The molecule has 4 aromatic rings. The van der Waals surface area contributed by atoms with E-state index in [2.05, 4.69) is 22.6 Å². The van der Waals surface area contributed by atoms with Gasteiger partial charge in [0.2, 0.25) is 0 Å². The predicted molar refractivity (Wildman–Crippen MR) is 139 cm³/mol. The summed E-state index contributed by atoms with van der Waals surface area (Å²) in [5, 5.41) is 11.5. The molecule has 0 aliphatic carbocycles. The highest BCUT2D eigenvalue weighted by atomic mass is 127. The Morgan fingerprint density at radius 1 is 1.06 bits per heavy atom. The fourth-order valence-electron chi connectivity index (χ4n) is 4.13. The lowest BCUT2D eigenvalue weighted by molar-refractivity contribution is -0.384. The van der Waals surface area contributed by atoms with Gasteiger partial charge in [0.1, 0.15) is 5.82 Å². The lowest BCUT2D eigenvalue weighted by atomic mass is 10.1. The molecule has 3 aromatic carbocycles. The number of aromatic nitrogens is 2. The second kappa shape index (κ2) is 8.49. The molecule has 0 saturated heterocycles. The summed E-state index contributed by atoms with van der Waals surface area (Å²) in [5.41, 5.74) is 2.52. The molecule has 1 aromatic heterocycles. The Hall–Kier alpha value is -3.86. The fraction of sp³-hybridized carbons (Fsp3) is 0.0800. The zero-order chi connectivity index (χ0) is 24.0. The summed E-state index contributed by atoms with van der Waals surface area (Å²) in [5.74, 6) is 0.0968. The van der Waals surface area contributed by atoms with Crippen molar-refractivity contribution in [1.29, 1.82) is 0 Å². The van der Waals surface area contributed by atoms with Crippen LogP contribution in [0.15, 0.2) is 71.5 Å². The molecule has 0 radical (unpaired) electrons. The second-order valence-corrected chi connectivity index (χ2v) is 8.92. The second-order valence-electron chi connectivity index (χ2n) is 7.67. The Labute approximate surface area is 207 Å². The van der Waals surface area contributed by atoms with Crippen molar-refractivity contribution in [2.24, 2.45) is 0 Å². The van der Waals surface area contributed by atoms with E-state index in [0.717, 1.165) is 14.8 Å². The molecule has 9 heteroatoms. The number of rotatable bonds is 4. The van der Waals surface area contributed by atoms with Gasteiger partial charge in [-0.1, -0.05) is 18.2 Å². The van der Waals surface area contributed by atoms with Crippen molar-refractivity contribution in [3.8, 4) is 5.69 Å². The molecule has 0 N–H and O–H groups in total. The molecule has 2 heterocycles. The van der Waals surface area contributed by atoms with Crippen molar-refractivity contribution in [2.75, 3.05) is 11.4 Å². The van der Waals surface area contributed by atoms with E-state index in [1.807, 2.05) is 37.3 Å². The minimum atomic E-state index is -0.496. The molecule has 1 amide bonds. The summed E-state index contributed by atoms with van der Waals surface area (Å²) in [7, 11) is 0. The number of nitrogens with zero attached hydrogens (tertiary/aromatic N) is 4. The number of benzene rings is 3. The van der Waals surface area contributed by atoms with Crippen LogP contribution in [-0.2, 0) is 4.79 Å². The largest absolute Gasteiger partial charge is 0.308 e. The molecule has 0 saturated carbocycles. The van der Waals surface area contributed by atoms with Crippen LogP contribution in [0.25, 0.3) is 28.2 Å². The highest BCUT2D eigenvalue weighted by Crippen LogP contribution is 2.37. The van der Waals surface area contributed by atoms with Crippen molar-refractivity contribution < 1.29 is 9.72 Å². The molecule has 0 fully saturated rings. The molecule has 0 atom stereocenters. The highest BCUT2D eigenvalue weighted by Gasteiger charge is 2.31. The first-order valence-corrected chi connectivity index (χ1v) is 11.6. The Morgan fingerprint density at radius 3 is 2.50 bits per heavy atom. The first kappa shape index (κ1) is 22.0. The van der Waals surface area contributed by atoms with E-state index in [4.69, 9.17) is 4.98 Å². The number of anilines is 1. The summed E-state index contributed by atoms with van der Waals surface area (Å²) in [6.45, 7) is 2.41. The quantitative estimate of drug-likeness (QED) is 0.154. The predicted octanol–water partition coefficient (Wildman–Crippen LogP) is 4.81. The van der Waals surface area contributed by atoms with E-state index in [0.29, 0.717) is 28.7 Å². The summed E-state index contributed by atoms with van der Waals surface area (Å²) < 4.78 is 2.27. The van der Waals surface area contributed by atoms with Crippen LogP contribution in [0, 0.1) is 13.7 Å². The molecule has 1 aliphatic heterocycles. The smallest absolute Gasteiger partial charge is 0.269 e. The van der Waals surface area contributed by atoms with Crippen molar-refractivity contribution >= 4 is 62.4 Å². The van der Waals surface area contributed by atoms with Crippen LogP contribution in [0.1, 0.15) is 18.3 Å². The van der Waals surface area contributed by atoms with E-state index in [1.165, 1.54) is 28.8 Å². The molecule has 1 aliphatic rings. The normalized spacial score (nSPS) is 14.1. The number of non-ortho nitro benzene ring substituents is 1. The molecule has 0 unspecified atom stereocenters. The van der Waals surface area contributed by atoms with Crippen molar-refractivity contribution in [1.82, 2.24) is 9.55 Å². The summed E-state index contributed by atoms with van der Waals surface area (Å²) >= 11 is 2.13. The van der Waals surface area contributed by atoms with Gasteiger partial charge in [-0.2, -0.15) is 0 Å². The Bertz CT molecular complexity index is 1570. The number of likely N-dealkylation sites (N-methyl/N-ethyl adjacent to an activating group) is 1. The Morgan fingerprint density at radius 2 is 1.79 bits per heavy atom. The van der Waals surface area contributed by atoms with Gasteiger partial charge in [0.15, 0.2) is 0 Å². The van der Waals surface area contributed by atoms with Crippen molar-refractivity contribution in [3.63, 3.8) is 0 Å². The zero-order valence-electron chi connectivity index (χ0n) is 17.9. The van der Waals surface area contributed by atoms with Gasteiger partial charge in [-0.25, -0.2) is 4.98 Å². The van der Waals surface area contributed by atoms with Gasteiger partial charge in [0, 0.05) is 27.8 Å². The minimum absolute atomic E-state index is 0.0847. The third kappa shape index (κ3) is 3.58. The van der Waals surface area contributed by atoms with Gasteiger partial charge in [-0.05, 0) is 72.0 Å². The topological polar surface area (TPSA) is 98.3 Å². The van der Waals surface area contributed by atoms with E-state index >= 15 is 0 Å². The van der Waals surface area contributed by atoms with Crippen LogP contribution < -0.4 is 10.5 Å². The van der Waals surface area contributed by atoms with Crippen LogP contribution in [0.2, 0.25) is 0 Å². The monoisotopic (exact) mass is 564 g/mol. The molecule has 5 rings (SSSR count). The number of amides is 1. The third-order valence-corrected chi connectivity index (χ3v) is 6.40. The fourth-order valence-corrected chi connectivity index (χ4v) is 4.63. The van der Waals surface area contributed by atoms with Crippen LogP contribution in [0.3, 0.4) is 0 Å². The third-order valence-electron chi connectivity index (χ3n) is 5.73. The number of carbonyl (C=O) groups excluding carboxylic acids is 1. The van der Waals surface area contributed by atoms with Gasteiger partial charge in [-0.15, -0.1) is 0 Å². The van der Waals surface area contributed by atoms with Crippen molar-refractivity contribution in [3.05, 3.63) is 102 Å². The maximum atomic E-state index is 13.6. The number of carbonyl (C=O) groups is 1. The number of hydrogen-bond acceptors (Lipinski definition) is 5. The number of para-hydroxylation sites is 1. The first-order valence-electron chi connectivity index (χ1n) is 10.5. The van der Waals surface area contributed by atoms with Gasteiger partial charge in [0.05, 0.1) is 32.8 Å². The van der Waals surface area contributed by atoms with Crippen LogP contribution in [0.4, 0.5) is 11.4 Å². The van der Waals surface area contributed by atoms with Crippen LogP contribution in [0.5, 0.6) is 0 Å². The SMILES string of the molecule is CCN1C(=O)/C(=C/c2nc3ccc(I)cc3c(=O)n2-c2ccc([N+](=O)[O-])cc2)c2ccccc21. The van der Waals surface area contributed by atoms with E-state index in [1.54, 1.807) is 23.1 Å². The average Bonchev–Trinajstić information content (AvgIpc) is 3.10. The maximum Gasteiger partial charge on any atom is 0.269 e.